The van der Waals surface area contributed by atoms with E-state index in [0.717, 1.165) is 11.3 Å². The number of hydrogen-bond acceptors (Lipinski definition) is 4. The molecule has 0 radical (unpaired) electrons. The average molecular weight is 356 g/mol. The van der Waals surface area contributed by atoms with E-state index in [0.29, 0.717) is 16.5 Å². The van der Waals surface area contributed by atoms with Gasteiger partial charge in [-0.25, -0.2) is 14.2 Å². The van der Waals surface area contributed by atoms with Crippen molar-refractivity contribution in [3.8, 4) is 11.3 Å². The summed E-state index contributed by atoms with van der Waals surface area (Å²) in [5.41, 5.74) is 2.70. The number of nitrogens with zero attached hydrogens (tertiary/aromatic N) is 2. The standard InChI is InChI=1S/C18H17FN4OS/c1-23(2)18(24)20-13-7-5-6-12(10-13)16-11-25-17(22-16)21-15-9-4-3-8-14(15)19/h3-11H,1-2H3,(H,20,24)(H,21,22). The predicted molar refractivity (Wildman–Crippen MR) is 99.9 cm³/mol. The minimum atomic E-state index is -0.326. The molecule has 3 aromatic rings. The van der Waals surface area contributed by atoms with Crippen molar-refractivity contribution < 1.29 is 9.18 Å². The number of halogens is 1. The van der Waals surface area contributed by atoms with Gasteiger partial charge >= 0.3 is 6.03 Å². The summed E-state index contributed by atoms with van der Waals surface area (Å²) in [6.07, 6.45) is 0. The smallest absolute Gasteiger partial charge is 0.321 e. The fourth-order valence-corrected chi connectivity index (χ4v) is 2.87. The van der Waals surface area contributed by atoms with Crippen LogP contribution in [0.5, 0.6) is 0 Å². The number of nitrogens with one attached hydrogen (secondary N) is 2. The maximum absolute atomic E-state index is 13.7. The minimum Gasteiger partial charge on any atom is -0.331 e. The Morgan fingerprint density at radius 1 is 1.16 bits per heavy atom. The van der Waals surface area contributed by atoms with Gasteiger partial charge in [0.15, 0.2) is 5.13 Å². The van der Waals surface area contributed by atoms with Crippen molar-refractivity contribution in [1.29, 1.82) is 0 Å². The van der Waals surface area contributed by atoms with Crippen LogP contribution in [0.25, 0.3) is 11.3 Å². The van der Waals surface area contributed by atoms with Crippen LogP contribution in [0.15, 0.2) is 53.9 Å². The van der Waals surface area contributed by atoms with Crippen LogP contribution in [-0.2, 0) is 0 Å². The first-order chi connectivity index (χ1) is 12.0. The summed E-state index contributed by atoms with van der Waals surface area (Å²) in [7, 11) is 3.36. The van der Waals surface area contributed by atoms with Crippen LogP contribution in [0.1, 0.15) is 0 Å². The number of urea groups is 1. The molecule has 3 rings (SSSR count). The van der Waals surface area contributed by atoms with Crippen molar-refractivity contribution >= 4 is 33.9 Å². The Morgan fingerprint density at radius 2 is 1.96 bits per heavy atom. The third-order valence-electron chi connectivity index (χ3n) is 3.44. The average Bonchev–Trinajstić information content (AvgIpc) is 3.06. The van der Waals surface area contributed by atoms with Crippen molar-refractivity contribution in [2.45, 2.75) is 0 Å². The van der Waals surface area contributed by atoms with Crippen molar-refractivity contribution in [2.24, 2.45) is 0 Å². The number of carbonyl (C=O) groups excluding carboxylic acids is 1. The molecular weight excluding hydrogens is 339 g/mol. The summed E-state index contributed by atoms with van der Waals surface area (Å²) in [6, 6.07) is 13.7. The highest BCUT2D eigenvalue weighted by Crippen LogP contribution is 2.29. The molecule has 0 saturated carbocycles. The first kappa shape index (κ1) is 16.9. The maximum atomic E-state index is 13.7. The van der Waals surface area contributed by atoms with E-state index in [1.807, 2.05) is 29.6 Å². The second-order valence-corrected chi connectivity index (χ2v) is 6.41. The lowest BCUT2D eigenvalue weighted by atomic mass is 10.1. The van der Waals surface area contributed by atoms with E-state index in [1.165, 1.54) is 22.3 Å². The van der Waals surface area contributed by atoms with Crippen LogP contribution in [0, 0.1) is 5.82 Å². The van der Waals surface area contributed by atoms with E-state index in [2.05, 4.69) is 15.6 Å². The van der Waals surface area contributed by atoms with E-state index in [1.54, 1.807) is 32.3 Å². The summed E-state index contributed by atoms with van der Waals surface area (Å²) < 4.78 is 13.7. The first-order valence-electron chi connectivity index (χ1n) is 7.59. The number of rotatable bonds is 4. The molecule has 0 saturated heterocycles. The lowest BCUT2D eigenvalue weighted by molar-refractivity contribution is 0.230. The van der Waals surface area contributed by atoms with Crippen LogP contribution in [0.3, 0.4) is 0 Å². The summed E-state index contributed by atoms with van der Waals surface area (Å²) >= 11 is 1.39. The van der Waals surface area contributed by atoms with Gasteiger partial charge < -0.3 is 15.5 Å². The summed E-state index contributed by atoms with van der Waals surface area (Å²) in [5.74, 6) is -0.326. The number of para-hydroxylation sites is 1. The molecule has 1 heterocycles. The SMILES string of the molecule is CN(C)C(=O)Nc1cccc(-c2csc(Nc3ccccc3F)n2)c1. The highest BCUT2D eigenvalue weighted by atomic mass is 32.1. The van der Waals surface area contributed by atoms with E-state index in [9.17, 15) is 9.18 Å². The molecular formula is C18H17FN4OS. The predicted octanol–water partition coefficient (Wildman–Crippen LogP) is 4.79. The molecule has 0 bridgehead atoms. The van der Waals surface area contributed by atoms with Gasteiger partial charge in [-0.05, 0) is 24.3 Å². The van der Waals surface area contributed by atoms with Gasteiger partial charge in [0, 0.05) is 30.7 Å². The number of thiazole rings is 1. The van der Waals surface area contributed by atoms with Crippen LogP contribution in [-0.4, -0.2) is 30.0 Å². The highest BCUT2D eigenvalue weighted by Gasteiger charge is 2.09. The van der Waals surface area contributed by atoms with E-state index in [4.69, 9.17) is 0 Å². The van der Waals surface area contributed by atoms with E-state index in [-0.39, 0.29) is 11.8 Å². The monoisotopic (exact) mass is 356 g/mol. The molecule has 2 amide bonds. The van der Waals surface area contributed by atoms with Crippen molar-refractivity contribution in [2.75, 3.05) is 24.7 Å². The number of hydrogen-bond donors (Lipinski definition) is 2. The fraction of sp³-hybridized carbons (Fsp3) is 0.111. The number of amides is 2. The Balaban J connectivity index is 1.78. The first-order valence-corrected chi connectivity index (χ1v) is 8.47. The molecule has 5 nitrogen and oxygen atoms in total. The van der Waals surface area contributed by atoms with Crippen molar-refractivity contribution in [1.82, 2.24) is 9.88 Å². The number of aromatic nitrogens is 1. The minimum absolute atomic E-state index is 0.197. The number of carbonyl (C=O) groups is 1. The lowest BCUT2D eigenvalue weighted by Crippen LogP contribution is -2.27. The molecule has 0 aliphatic rings. The number of benzene rings is 2. The normalized spacial score (nSPS) is 10.4. The van der Waals surface area contributed by atoms with Crippen molar-refractivity contribution in [3.63, 3.8) is 0 Å². The molecule has 2 N–H and O–H groups in total. The molecule has 1 aromatic heterocycles. The summed E-state index contributed by atoms with van der Waals surface area (Å²) in [4.78, 5) is 17.7. The van der Waals surface area contributed by atoms with Crippen LogP contribution in [0.2, 0.25) is 0 Å². The van der Waals surface area contributed by atoms with Gasteiger partial charge in [0.2, 0.25) is 0 Å². The Morgan fingerprint density at radius 3 is 2.72 bits per heavy atom. The summed E-state index contributed by atoms with van der Waals surface area (Å²) in [5, 5.41) is 8.27. The van der Waals surface area contributed by atoms with Gasteiger partial charge in [0.25, 0.3) is 0 Å². The second kappa shape index (κ2) is 7.31. The topological polar surface area (TPSA) is 57.3 Å². The van der Waals surface area contributed by atoms with Gasteiger partial charge in [-0.3, -0.25) is 0 Å². The molecule has 0 aliphatic carbocycles. The zero-order valence-corrected chi connectivity index (χ0v) is 14.6. The Hall–Kier alpha value is -2.93. The molecule has 25 heavy (non-hydrogen) atoms. The zero-order valence-electron chi connectivity index (χ0n) is 13.8. The Labute approximate surface area is 149 Å². The Kier molecular flexibility index (Phi) is 4.95. The van der Waals surface area contributed by atoms with Gasteiger partial charge in [-0.15, -0.1) is 11.3 Å². The largest absolute Gasteiger partial charge is 0.331 e. The van der Waals surface area contributed by atoms with E-state index < -0.39 is 0 Å². The quantitative estimate of drug-likeness (QED) is 0.707. The van der Waals surface area contributed by atoms with Crippen molar-refractivity contribution in [3.05, 3.63) is 59.7 Å². The van der Waals surface area contributed by atoms with Gasteiger partial charge in [0.05, 0.1) is 11.4 Å². The van der Waals surface area contributed by atoms with Crippen LogP contribution in [0.4, 0.5) is 25.7 Å². The molecule has 0 spiro atoms. The number of anilines is 3. The zero-order chi connectivity index (χ0) is 17.8. The fourth-order valence-electron chi connectivity index (χ4n) is 2.13. The lowest BCUT2D eigenvalue weighted by Gasteiger charge is -2.12. The maximum Gasteiger partial charge on any atom is 0.321 e. The van der Waals surface area contributed by atoms with Gasteiger partial charge in [0.1, 0.15) is 5.82 Å². The molecule has 0 atom stereocenters. The highest BCUT2D eigenvalue weighted by molar-refractivity contribution is 7.14. The van der Waals surface area contributed by atoms with Gasteiger partial charge in [-0.2, -0.15) is 0 Å². The molecule has 2 aromatic carbocycles. The third-order valence-corrected chi connectivity index (χ3v) is 4.19. The molecule has 7 heteroatoms. The molecule has 0 aliphatic heterocycles. The third kappa shape index (κ3) is 4.13. The Bertz CT molecular complexity index is 894. The molecule has 0 unspecified atom stereocenters. The molecule has 0 fully saturated rings. The second-order valence-electron chi connectivity index (χ2n) is 5.55. The molecule has 128 valence electrons. The summed E-state index contributed by atoms with van der Waals surface area (Å²) in [6.45, 7) is 0. The van der Waals surface area contributed by atoms with E-state index >= 15 is 0 Å². The van der Waals surface area contributed by atoms with Crippen LogP contribution >= 0.6 is 11.3 Å². The van der Waals surface area contributed by atoms with Crippen LogP contribution < -0.4 is 10.6 Å². The van der Waals surface area contributed by atoms with Gasteiger partial charge in [-0.1, -0.05) is 24.3 Å².